The minimum Gasteiger partial charge on any atom is -0.493 e. The third-order valence-electron chi connectivity index (χ3n) is 4.12. The standard InChI is InChI=1S/C24H22O3S/c25-24(26)14-12-21-17-20(18-28-22-9-5-2-6-10-22)11-13-23(21)27-16-15-19-7-3-1-4-8-19/h1-14,17H,15-16,18H2,(H,25,26)/b14-12+. The molecular weight excluding hydrogens is 368 g/mol. The van der Waals surface area contributed by atoms with Gasteiger partial charge in [0.25, 0.3) is 0 Å². The van der Waals surface area contributed by atoms with E-state index in [1.54, 1.807) is 17.8 Å². The molecule has 0 saturated carbocycles. The molecule has 0 unspecified atom stereocenters. The molecule has 3 rings (SSSR count). The van der Waals surface area contributed by atoms with Crippen LogP contribution < -0.4 is 4.74 Å². The van der Waals surface area contributed by atoms with E-state index in [-0.39, 0.29) is 0 Å². The van der Waals surface area contributed by atoms with Gasteiger partial charge in [0.1, 0.15) is 5.75 Å². The lowest BCUT2D eigenvalue weighted by molar-refractivity contribution is -0.131. The summed E-state index contributed by atoms with van der Waals surface area (Å²) in [4.78, 5) is 12.1. The zero-order valence-corrected chi connectivity index (χ0v) is 16.3. The quantitative estimate of drug-likeness (QED) is 0.376. The normalized spacial score (nSPS) is 10.9. The van der Waals surface area contributed by atoms with Crippen molar-refractivity contribution in [2.75, 3.05) is 6.61 Å². The Morgan fingerprint density at radius 3 is 2.36 bits per heavy atom. The number of rotatable bonds is 9. The molecule has 0 aliphatic carbocycles. The van der Waals surface area contributed by atoms with Crippen LogP contribution in [0.2, 0.25) is 0 Å². The Labute approximate surface area is 169 Å². The van der Waals surface area contributed by atoms with Crippen LogP contribution >= 0.6 is 11.8 Å². The predicted octanol–water partition coefficient (Wildman–Crippen LogP) is 5.70. The Morgan fingerprint density at radius 2 is 1.64 bits per heavy atom. The summed E-state index contributed by atoms with van der Waals surface area (Å²) >= 11 is 1.75. The number of carboxylic acid groups (broad SMARTS) is 1. The minimum atomic E-state index is -0.973. The highest BCUT2D eigenvalue weighted by atomic mass is 32.2. The summed E-state index contributed by atoms with van der Waals surface area (Å²) in [5.74, 6) is 0.531. The molecule has 0 spiro atoms. The lowest BCUT2D eigenvalue weighted by Crippen LogP contribution is -2.03. The molecule has 4 heteroatoms. The van der Waals surface area contributed by atoms with E-state index in [1.807, 2.05) is 54.6 Å². The molecule has 0 amide bonds. The molecule has 0 bridgehead atoms. The summed E-state index contributed by atoms with van der Waals surface area (Å²) in [6.45, 7) is 0.538. The first-order valence-electron chi connectivity index (χ1n) is 9.09. The summed E-state index contributed by atoms with van der Waals surface area (Å²) in [5.41, 5.74) is 3.11. The monoisotopic (exact) mass is 390 g/mol. The number of thioether (sulfide) groups is 1. The van der Waals surface area contributed by atoms with E-state index in [9.17, 15) is 4.79 Å². The smallest absolute Gasteiger partial charge is 0.328 e. The number of ether oxygens (including phenoxy) is 1. The number of hydrogen-bond donors (Lipinski definition) is 1. The predicted molar refractivity (Wildman–Crippen MR) is 115 cm³/mol. The fourth-order valence-electron chi connectivity index (χ4n) is 2.72. The summed E-state index contributed by atoms with van der Waals surface area (Å²) in [5, 5.41) is 8.98. The molecule has 1 N–H and O–H groups in total. The molecule has 0 aromatic heterocycles. The van der Waals surface area contributed by atoms with Crippen LogP contribution in [0.5, 0.6) is 5.75 Å². The highest BCUT2D eigenvalue weighted by molar-refractivity contribution is 7.98. The first-order chi connectivity index (χ1) is 13.7. The van der Waals surface area contributed by atoms with Crippen molar-refractivity contribution in [2.45, 2.75) is 17.1 Å². The van der Waals surface area contributed by atoms with Crippen LogP contribution in [0.4, 0.5) is 0 Å². The van der Waals surface area contributed by atoms with Gasteiger partial charge in [0.15, 0.2) is 0 Å². The highest BCUT2D eigenvalue weighted by Crippen LogP contribution is 2.27. The Bertz CT molecular complexity index is 921. The molecule has 0 saturated heterocycles. The number of hydrogen-bond acceptors (Lipinski definition) is 3. The molecule has 142 valence electrons. The molecule has 0 atom stereocenters. The maximum absolute atomic E-state index is 10.9. The Morgan fingerprint density at radius 1 is 0.929 bits per heavy atom. The number of carboxylic acids is 1. The van der Waals surface area contributed by atoms with E-state index in [0.717, 1.165) is 29.4 Å². The molecule has 3 aromatic carbocycles. The molecular formula is C24H22O3S. The molecule has 3 nitrogen and oxygen atoms in total. The number of aliphatic carboxylic acids is 1. The van der Waals surface area contributed by atoms with Crippen LogP contribution in [0, 0.1) is 0 Å². The van der Waals surface area contributed by atoms with E-state index in [2.05, 4.69) is 24.3 Å². The van der Waals surface area contributed by atoms with Crippen molar-refractivity contribution in [3.05, 3.63) is 102 Å². The number of carbonyl (C=O) groups is 1. The zero-order chi connectivity index (χ0) is 19.6. The largest absolute Gasteiger partial charge is 0.493 e. The second-order valence-electron chi connectivity index (χ2n) is 6.23. The van der Waals surface area contributed by atoms with Crippen molar-refractivity contribution in [1.29, 1.82) is 0 Å². The molecule has 28 heavy (non-hydrogen) atoms. The van der Waals surface area contributed by atoms with Crippen LogP contribution in [0.3, 0.4) is 0 Å². The summed E-state index contributed by atoms with van der Waals surface area (Å²) in [6.07, 6.45) is 3.54. The van der Waals surface area contributed by atoms with Crippen molar-refractivity contribution < 1.29 is 14.6 Å². The molecule has 0 aliphatic heterocycles. The molecule has 3 aromatic rings. The molecule has 0 aliphatic rings. The SMILES string of the molecule is O=C(O)/C=C/c1cc(CSc2ccccc2)ccc1OCCc1ccccc1. The van der Waals surface area contributed by atoms with Gasteiger partial charge < -0.3 is 9.84 Å². The second kappa shape index (κ2) is 10.4. The van der Waals surface area contributed by atoms with Gasteiger partial charge in [-0.1, -0.05) is 54.6 Å². The van der Waals surface area contributed by atoms with Crippen molar-refractivity contribution in [2.24, 2.45) is 0 Å². The second-order valence-corrected chi connectivity index (χ2v) is 7.28. The zero-order valence-electron chi connectivity index (χ0n) is 15.5. The summed E-state index contributed by atoms with van der Waals surface area (Å²) in [7, 11) is 0. The van der Waals surface area contributed by atoms with Gasteiger partial charge >= 0.3 is 5.97 Å². The van der Waals surface area contributed by atoms with E-state index in [4.69, 9.17) is 9.84 Å². The van der Waals surface area contributed by atoms with Crippen molar-refractivity contribution in [1.82, 2.24) is 0 Å². The van der Waals surface area contributed by atoms with Crippen LogP contribution in [-0.4, -0.2) is 17.7 Å². The maximum Gasteiger partial charge on any atom is 0.328 e. The van der Waals surface area contributed by atoms with Gasteiger partial charge in [-0.15, -0.1) is 11.8 Å². The van der Waals surface area contributed by atoms with Crippen LogP contribution in [0.25, 0.3) is 6.08 Å². The van der Waals surface area contributed by atoms with Gasteiger partial charge in [-0.05, 0) is 41.5 Å². The fourth-order valence-corrected chi connectivity index (χ4v) is 3.58. The van der Waals surface area contributed by atoms with Gasteiger partial charge in [-0.3, -0.25) is 0 Å². The molecule has 0 radical (unpaired) electrons. The number of benzene rings is 3. The van der Waals surface area contributed by atoms with Crippen molar-refractivity contribution in [3.8, 4) is 5.75 Å². The van der Waals surface area contributed by atoms with Crippen molar-refractivity contribution in [3.63, 3.8) is 0 Å². The summed E-state index contributed by atoms with van der Waals surface area (Å²) < 4.78 is 5.94. The first-order valence-corrected chi connectivity index (χ1v) is 10.1. The van der Waals surface area contributed by atoms with Gasteiger partial charge in [0.05, 0.1) is 6.61 Å². The van der Waals surface area contributed by atoms with Gasteiger partial charge in [0.2, 0.25) is 0 Å². The van der Waals surface area contributed by atoms with Crippen molar-refractivity contribution >= 4 is 23.8 Å². The highest BCUT2D eigenvalue weighted by Gasteiger charge is 2.05. The van der Waals surface area contributed by atoms with E-state index in [0.29, 0.717) is 12.4 Å². The van der Waals surface area contributed by atoms with Gasteiger partial charge in [-0.25, -0.2) is 4.79 Å². The van der Waals surface area contributed by atoms with Crippen LogP contribution in [0.1, 0.15) is 16.7 Å². The van der Waals surface area contributed by atoms with E-state index < -0.39 is 5.97 Å². The maximum atomic E-state index is 10.9. The summed E-state index contributed by atoms with van der Waals surface area (Å²) in [6, 6.07) is 26.3. The lowest BCUT2D eigenvalue weighted by Gasteiger charge is -2.11. The average molecular weight is 391 g/mol. The van der Waals surface area contributed by atoms with Crippen LogP contribution in [0.15, 0.2) is 89.8 Å². The third kappa shape index (κ3) is 6.32. The third-order valence-corrected chi connectivity index (χ3v) is 5.20. The lowest BCUT2D eigenvalue weighted by atomic mass is 10.1. The van der Waals surface area contributed by atoms with Crippen LogP contribution in [-0.2, 0) is 17.0 Å². The topological polar surface area (TPSA) is 46.5 Å². The van der Waals surface area contributed by atoms with E-state index >= 15 is 0 Å². The Kier molecular flexibility index (Phi) is 7.33. The van der Waals surface area contributed by atoms with E-state index in [1.165, 1.54) is 10.5 Å². The van der Waals surface area contributed by atoms with Gasteiger partial charge in [0, 0.05) is 28.7 Å². The molecule has 0 heterocycles. The average Bonchev–Trinajstić information content (AvgIpc) is 2.73. The molecule has 0 fully saturated rings. The Hall–Kier alpha value is -2.98. The Balaban J connectivity index is 1.68. The van der Waals surface area contributed by atoms with Gasteiger partial charge in [-0.2, -0.15) is 0 Å². The fraction of sp³-hybridized carbons (Fsp3) is 0.125. The minimum absolute atomic E-state index is 0.538. The first kappa shape index (κ1) is 19.8.